The van der Waals surface area contributed by atoms with Gasteiger partial charge in [-0.05, 0) is 76.6 Å². The molecule has 190 valence electrons. The highest BCUT2D eigenvalue weighted by molar-refractivity contribution is 5.92. The van der Waals surface area contributed by atoms with Crippen molar-refractivity contribution in [3.8, 4) is 5.75 Å². The fourth-order valence-electron chi connectivity index (χ4n) is 3.91. The zero-order chi connectivity index (χ0) is 25.6. The van der Waals surface area contributed by atoms with E-state index >= 15 is 0 Å². The average Bonchev–Trinajstić information content (AvgIpc) is 3.45. The summed E-state index contributed by atoms with van der Waals surface area (Å²) >= 11 is 0. The number of nitrogens with zero attached hydrogens (tertiary/aromatic N) is 1. The van der Waals surface area contributed by atoms with Crippen LogP contribution >= 0.6 is 0 Å². The van der Waals surface area contributed by atoms with E-state index in [0.717, 1.165) is 25.7 Å². The summed E-state index contributed by atoms with van der Waals surface area (Å²) in [6.07, 6.45) is 2.99. The minimum absolute atomic E-state index is 0.115. The zero-order valence-electron chi connectivity index (χ0n) is 21.6. The van der Waals surface area contributed by atoms with Crippen LogP contribution in [0.1, 0.15) is 84.4 Å². The summed E-state index contributed by atoms with van der Waals surface area (Å²) < 4.78 is 5.31. The summed E-state index contributed by atoms with van der Waals surface area (Å²) in [5.74, 6) is -0.243. The number of phenolic OH excluding ortho intramolecular Hbond substituents is 1. The molecular formula is C26H41N3O5. The van der Waals surface area contributed by atoms with Crippen LogP contribution in [0.3, 0.4) is 0 Å². The first-order valence-corrected chi connectivity index (χ1v) is 12.2. The van der Waals surface area contributed by atoms with Gasteiger partial charge in [-0.25, -0.2) is 4.79 Å². The van der Waals surface area contributed by atoms with Crippen molar-refractivity contribution >= 4 is 17.9 Å². The number of nitrogens with one attached hydrogen (secondary N) is 2. The maximum Gasteiger partial charge on any atom is 0.408 e. The monoisotopic (exact) mass is 475 g/mol. The molecule has 3 N–H and O–H groups in total. The van der Waals surface area contributed by atoms with Crippen LogP contribution in [-0.2, 0) is 14.3 Å². The van der Waals surface area contributed by atoms with Crippen LogP contribution in [-0.4, -0.2) is 52.1 Å². The Bertz CT molecular complexity index is 880. The zero-order valence-corrected chi connectivity index (χ0v) is 21.6. The number of carbonyl (C=O) groups is 3. The Hall–Kier alpha value is -2.77. The van der Waals surface area contributed by atoms with Crippen LogP contribution < -0.4 is 10.6 Å². The summed E-state index contributed by atoms with van der Waals surface area (Å²) in [5, 5.41) is 15.6. The molecule has 0 aromatic heterocycles. The van der Waals surface area contributed by atoms with Crippen molar-refractivity contribution in [3.63, 3.8) is 0 Å². The third kappa shape index (κ3) is 7.64. The topological polar surface area (TPSA) is 108 Å². The number of unbranched alkanes of at least 4 members (excludes halogenated alkanes) is 2. The molecule has 4 unspecified atom stereocenters. The molecule has 1 aliphatic rings. The van der Waals surface area contributed by atoms with Gasteiger partial charge in [0.1, 0.15) is 23.4 Å². The Kier molecular flexibility index (Phi) is 9.36. The van der Waals surface area contributed by atoms with E-state index in [1.54, 1.807) is 57.7 Å². The van der Waals surface area contributed by atoms with Crippen molar-refractivity contribution < 1.29 is 24.2 Å². The largest absolute Gasteiger partial charge is 0.508 e. The average molecular weight is 476 g/mol. The number of alkyl carbamates (subject to hydrolysis) is 1. The molecule has 1 aromatic carbocycles. The minimum Gasteiger partial charge on any atom is -0.508 e. The van der Waals surface area contributed by atoms with E-state index in [1.807, 2.05) is 6.92 Å². The number of benzene rings is 1. The van der Waals surface area contributed by atoms with Crippen LogP contribution in [0.15, 0.2) is 18.2 Å². The smallest absolute Gasteiger partial charge is 0.408 e. The summed E-state index contributed by atoms with van der Waals surface area (Å²) in [6.45, 7) is 13.3. The standard InChI is InChI=1S/C26H41N3O5/c1-8-9-10-13-27-23(31)22(19-11-12-21(30)17(3)14-19)29(20-15-16(20)2)24(32)18(4)28-25(33)34-26(5,6)7/h11-12,14,16,18,20,22,30H,8-10,13,15H2,1-7H3,(H,27,31)(H,28,33). The molecule has 0 radical (unpaired) electrons. The van der Waals surface area contributed by atoms with Gasteiger partial charge in [-0.3, -0.25) is 9.59 Å². The molecule has 1 aromatic rings. The van der Waals surface area contributed by atoms with Gasteiger partial charge in [-0.1, -0.05) is 32.8 Å². The van der Waals surface area contributed by atoms with Crippen molar-refractivity contribution in [1.29, 1.82) is 0 Å². The van der Waals surface area contributed by atoms with E-state index in [2.05, 4.69) is 17.6 Å². The fraction of sp³-hybridized carbons (Fsp3) is 0.654. The van der Waals surface area contributed by atoms with E-state index in [4.69, 9.17) is 4.74 Å². The molecule has 8 heteroatoms. The number of aromatic hydroxyl groups is 1. The normalized spacial score (nSPS) is 19.0. The van der Waals surface area contributed by atoms with E-state index in [9.17, 15) is 19.5 Å². The minimum atomic E-state index is -0.878. The molecule has 1 aliphatic carbocycles. The fourth-order valence-corrected chi connectivity index (χ4v) is 3.91. The number of amides is 3. The molecule has 0 aliphatic heterocycles. The van der Waals surface area contributed by atoms with Crippen LogP contribution in [0.25, 0.3) is 0 Å². The summed E-state index contributed by atoms with van der Waals surface area (Å²) in [4.78, 5) is 41.0. The maximum absolute atomic E-state index is 13.6. The van der Waals surface area contributed by atoms with Crippen LogP contribution in [0.5, 0.6) is 5.75 Å². The lowest BCUT2D eigenvalue weighted by atomic mass is 10.00. The molecule has 0 saturated heterocycles. The Balaban J connectivity index is 2.35. The lowest BCUT2D eigenvalue weighted by Gasteiger charge is -2.34. The van der Waals surface area contributed by atoms with Crippen molar-refractivity contribution in [1.82, 2.24) is 15.5 Å². The number of phenols is 1. The Labute approximate surface area is 203 Å². The van der Waals surface area contributed by atoms with Crippen molar-refractivity contribution in [2.24, 2.45) is 5.92 Å². The van der Waals surface area contributed by atoms with E-state index < -0.39 is 23.8 Å². The molecule has 34 heavy (non-hydrogen) atoms. The quantitative estimate of drug-likeness (QED) is 0.440. The molecule has 1 fully saturated rings. The van der Waals surface area contributed by atoms with Crippen molar-refractivity contribution in [2.45, 2.75) is 97.9 Å². The van der Waals surface area contributed by atoms with Crippen LogP contribution in [0.4, 0.5) is 4.79 Å². The predicted molar refractivity (Wildman–Crippen MR) is 131 cm³/mol. The van der Waals surface area contributed by atoms with E-state index in [1.165, 1.54) is 0 Å². The molecule has 0 heterocycles. The third-order valence-corrected chi connectivity index (χ3v) is 5.93. The second kappa shape index (κ2) is 11.6. The molecule has 0 bridgehead atoms. The number of hydrogen-bond donors (Lipinski definition) is 3. The Morgan fingerprint density at radius 3 is 2.41 bits per heavy atom. The van der Waals surface area contributed by atoms with Crippen LogP contribution in [0, 0.1) is 12.8 Å². The van der Waals surface area contributed by atoms with Crippen LogP contribution in [0.2, 0.25) is 0 Å². The van der Waals surface area contributed by atoms with Gasteiger partial charge in [0.2, 0.25) is 11.8 Å². The number of aryl methyl sites for hydroxylation is 1. The molecule has 3 amide bonds. The highest BCUT2D eigenvalue weighted by Gasteiger charge is 2.47. The first kappa shape index (κ1) is 27.5. The van der Waals surface area contributed by atoms with Crippen molar-refractivity contribution in [2.75, 3.05) is 6.54 Å². The first-order chi connectivity index (χ1) is 15.9. The van der Waals surface area contributed by atoms with Gasteiger partial charge in [0.25, 0.3) is 0 Å². The van der Waals surface area contributed by atoms with Crippen molar-refractivity contribution in [3.05, 3.63) is 29.3 Å². The number of hydrogen-bond acceptors (Lipinski definition) is 5. The molecule has 0 spiro atoms. The number of carbonyl (C=O) groups excluding carboxylic acids is 3. The first-order valence-electron chi connectivity index (χ1n) is 12.2. The lowest BCUT2D eigenvalue weighted by molar-refractivity contribution is -0.143. The van der Waals surface area contributed by atoms with Gasteiger partial charge in [0.05, 0.1) is 0 Å². The van der Waals surface area contributed by atoms with Gasteiger partial charge < -0.3 is 25.4 Å². The maximum atomic E-state index is 13.6. The summed E-state index contributed by atoms with van der Waals surface area (Å²) in [5.41, 5.74) is 0.555. The molecule has 1 saturated carbocycles. The SMILES string of the molecule is CCCCCNC(=O)C(c1ccc(O)c(C)c1)N(C(=O)C(C)NC(=O)OC(C)(C)C)C1CC1C. The molecular weight excluding hydrogens is 434 g/mol. The second-order valence-electron chi connectivity index (χ2n) is 10.3. The number of ether oxygens (including phenoxy) is 1. The Morgan fingerprint density at radius 2 is 1.88 bits per heavy atom. The molecule has 2 rings (SSSR count). The van der Waals surface area contributed by atoms with E-state index in [0.29, 0.717) is 17.7 Å². The van der Waals surface area contributed by atoms with Gasteiger partial charge in [0, 0.05) is 12.6 Å². The van der Waals surface area contributed by atoms with Gasteiger partial charge in [0.15, 0.2) is 0 Å². The third-order valence-electron chi connectivity index (χ3n) is 5.93. The second-order valence-corrected chi connectivity index (χ2v) is 10.3. The van der Waals surface area contributed by atoms with E-state index in [-0.39, 0.29) is 29.5 Å². The Morgan fingerprint density at radius 1 is 1.24 bits per heavy atom. The lowest BCUT2D eigenvalue weighted by Crippen LogP contribution is -2.53. The highest BCUT2D eigenvalue weighted by atomic mass is 16.6. The number of rotatable bonds is 10. The van der Waals surface area contributed by atoms with Gasteiger partial charge in [-0.15, -0.1) is 0 Å². The highest BCUT2D eigenvalue weighted by Crippen LogP contribution is 2.41. The summed E-state index contributed by atoms with van der Waals surface area (Å²) in [6, 6.07) is 3.10. The molecule has 4 atom stereocenters. The van der Waals surface area contributed by atoms with Gasteiger partial charge >= 0.3 is 6.09 Å². The molecule has 8 nitrogen and oxygen atoms in total. The predicted octanol–water partition coefficient (Wildman–Crippen LogP) is 4.20. The van der Waals surface area contributed by atoms with Gasteiger partial charge in [-0.2, -0.15) is 0 Å². The summed E-state index contributed by atoms with van der Waals surface area (Å²) in [7, 11) is 0.